The minimum Gasteiger partial charge on any atom is -0.147 e. The lowest BCUT2D eigenvalue weighted by Gasteiger charge is -2.05. The van der Waals surface area contributed by atoms with Crippen molar-refractivity contribution in [2.45, 2.75) is 5.25 Å². The van der Waals surface area contributed by atoms with Crippen molar-refractivity contribution in [2.75, 3.05) is 5.75 Å². The Hall–Kier alpha value is 1.25. The Morgan fingerprint density at radius 3 is 2.75 bits per heavy atom. The minimum absolute atomic E-state index is 0.637. The second kappa shape index (κ2) is 4.18. The van der Waals surface area contributed by atoms with Gasteiger partial charge in [0, 0.05) is 17.8 Å². The van der Waals surface area contributed by atoms with E-state index in [1.807, 2.05) is 23.1 Å². The molecule has 1 aliphatic heterocycles. The summed E-state index contributed by atoms with van der Waals surface area (Å²) in [4.78, 5) is 1.50. The van der Waals surface area contributed by atoms with Gasteiger partial charge in [-0.3, -0.25) is 0 Å². The highest BCUT2D eigenvalue weighted by molar-refractivity contribution is 14.1. The predicted molar refractivity (Wildman–Crippen MR) is 74.6 cm³/mol. The van der Waals surface area contributed by atoms with Crippen molar-refractivity contribution in [1.82, 2.24) is 0 Å². The fourth-order valence-corrected chi connectivity index (χ4v) is 5.77. The summed E-state index contributed by atoms with van der Waals surface area (Å²) in [7, 11) is 0. The highest BCUT2D eigenvalue weighted by Crippen LogP contribution is 2.50. The van der Waals surface area contributed by atoms with Crippen LogP contribution in [0, 0.1) is 0 Å². The molecule has 2 heterocycles. The maximum atomic E-state index is 2.48. The van der Waals surface area contributed by atoms with Gasteiger partial charge in [0.25, 0.3) is 0 Å². The molecule has 2 rings (SSSR count). The molecular weight excluding hydrogens is 414 g/mol. The van der Waals surface area contributed by atoms with Gasteiger partial charge in [0.2, 0.25) is 0 Å². The molecule has 1 aromatic rings. The average Bonchev–Trinajstić information content (AvgIpc) is 2.64. The molecule has 0 saturated carbocycles. The molecule has 0 saturated heterocycles. The van der Waals surface area contributed by atoms with Crippen LogP contribution in [0.1, 0.15) is 10.1 Å². The highest BCUT2D eigenvalue weighted by atomic mass is 127. The van der Waals surface area contributed by atoms with Gasteiger partial charge in [-0.15, -0.1) is 23.1 Å². The average molecular weight is 420 g/mol. The van der Waals surface area contributed by atoms with Crippen molar-refractivity contribution < 1.29 is 0 Å². The number of halogens is 2. The molecule has 0 bridgehead atoms. The number of hydrogen-bond donors (Lipinski definition) is 0. The lowest BCUT2D eigenvalue weighted by Crippen LogP contribution is -1.83. The van der Waals surface area contributed by atoms with Gasteiger partial charge in [0.1, 0.15) is 0 Å². The summed E-state index contributed by atoms with van der Waals surface area (Å²) >= 11 is 8.83. The Morgan fingerprint density at radius 1 is 1.42 bits per heavy atom. The molecule has 0 amide bonds. The smallest absolute Gasteiger partial charge is 0.0708 e. The fraction of sp³-hybridized carbons (Fsp3) is 0.250. The first-order chi connectivity index (χ1) is 5.79. The van der Waals surface area contributed by atoms with E-state index in [1.165, 1.54) is 17.8 Å². The Kier molecular flexibility index (Phi) is 3.41. The Bertz CT molecular complexity index is 303. The first-order valence-corrected chi connectivity index (χ1v) is 7.56. The molecule has 1 aromatic heterocycles. The number of hydrogen-bond acceptors (Lipinski definition) is 2. The number of rotatable bonds is 1. The van der Waals surface area contributed by atoms with Gasteiger partial charge in [-0.2, -0.15) is 0 Å². The van der Waals surface area contributed by atoms with Crippen LogP contribution in [0.15, 0.2) is 24.7 Å². The molecule has 1 unspecified atom stereocenters. The first kappa shape index (κ1) is 9.79. The number of thiophene rings is 1. The highest BCUT2D eigenvalue weighted by Gasteiger charge is 2.24. The lowest BCUT2D eigenvalue weighted by molar-refractivity contribution is 1.31. The van der Waals surface area contributed by atoms with Crippen LogP contribution in [0.4, 0.5) is 0 Å². The van der Waals surface area contributed by atoms with Crippen molar-refractivity contribution in [3.63, 3.8) is 0 Å². The summed E-state index contributed by atoms with van der Waals surface area (Å²) in [5.74, 6) is 1.20. The third-order valence-electron chi connectivity index (χ3n) is 1.67. The summed E-state index contributed by atoms with van der Waals surface area (Å²) in [5, 5.41) is 2.79. The molecule has 1 atom stereocenters. The molecule has 0 aliphatic carbocycles. The van der Waals surface area contributed by atoms with Crippen molar-refractivity contribution >= 4 is 68.3 Å². The van der Waals surface area contributed by atoms with Crippen LogP contribution in [0.25, 0.3) is 0 Å². The second-order valence-corrected chi connectivity index (χ2v) is 7.00. The van der Waals surface area contributed by atoms with Gasteiger partial charge in [-0.05, 0) is 56.6 Å². The van der Waals surface area contributed by atoms with E-state index in [-0.39, 0.29) is 0 Å². The van der Waals surface area contributed by atoms with E-state index in [1.54, 1.807) is 0 Å². The largest absolute Gasteiger partial charge is 0.147 e. The topological polar surface area (TPSA) is 0 Å². The van der Waals surface area contributed by atoms with Crippen molar-refractivity contribution in [2.24, 2.45) is 0 Å². The lowest BCUT2D eigenvalue weighted by atomic mass is 10.3. The molecule has 0 N–H and O–H groups in total. The zero-order valence-corrected chi connectivity index (χ0v) is 12.0. The summed E-state index contributed by atoms with van der Waals surface area (Å²) in [6, 6.07) is 4.37. The zero-order chi connectivity index (χ0) is 8.55. The summed E-state index contributed by atoms with van der Waals surface area (Å²) in [6.45, 7) is 0. The molecule has 0 fully saturated rings. The zero-order valence-electron chi connectivity index (χ0n) is 6.09. The van der Waals surface area contributed by atoms with Crippen LogP contribution in [0.3, 0.4) is 0 Å². The normalized spacial score (nSPS) is 23.7. The van der Waals surface area contributed by atoms with Crippen LogP contribution in [-0.4, -0.2) is 5.75 Å². The first-order valence-electron chi connectivity index (χ1n) is 3.48. The van der Waals surface area contributed by atoms with E-state index < -0.39 is 0 Å². The monoisotopic (exact) mass is 420 g/mol. The Morgan fingerprint density at radius 2 is 2.25 bits per heavy atom. The molecule has 0 aromatic carbocycles. The van der Waals surface area contributed by atoms with Crippen LogP contribution in [0.5, 0.6) is 0 Å². The SMILES string of the molecule is IC1=C(I)C(c2cccs2)SC1. The van der Waals surface area contributed by atoms with E-state index in [4.69, 9.17) is 0 Å². The van der Waals surface area contributed by atoms with Crippen molar-refractivity contribution in [1.29, 1.82) is 0 Å². The van der Waals surface area contributed by atoms with Gasteiger partial charge in [-0.25, -0.2) is 0 Å². The molecule has 12 heavy (non-hydrogen) atoms. The summed E-state index contributed by atoms with van der Waals surface area (Å²) in [5.41, 5.74) is 0. The molecule has 64 valence electrons. The molecule has 1 aliphatic rings. The Labute approximate surface area is 107 Å². The third-order valence-corrected chi connectivity index (χ3v) is 8.24. The van der Waals surface area contributed by atoms with Crippen LogP contribution >= 0.6 is 68.3 Å². The third kappa shape index (κ3) is 1.85. The Balaban J connectivity index is 2.28. The summed E-state index contributed by atoms with van der Waals surface area (Å²) < 4.78 is 3.05. The van der Waals surface area contributed by atoms with Gasteiger partial charge in [-0.1, -0.05) is 6.07 Å². The standard InChI is InChI=1S/C8H6I2S2/c9-5-4-12-8(7(5)10)6-2-1-3-11-6/h1-3,8H,4H2. The van der Waals surface area contributed by atoms with E-state index in [9.17, 15) is 0 Å². The molecular formula is C8H6I2S2. The van der Waals surface area contributed by atoms with E-state index in [2.05, 4.69) is 62.7 Å². The van der Waals surface area contributed by atoms with E-state index in [0.717, 1.165) is 0 Å². The van der Waals surface area contributed by atoms with E-state index >= 15 is 0 Å². The van der Waals surface area contributed by atoms with Crippen molar-refractivity contribution in [3.8, 4) is 0 Å². The fourth-order valence-electron chi connectivity index (χ4n) is 1.09. The molecule has 0 spiro atoms. The maximum Gasteiger partial charge on any atom is 0.0708 e. The van der Waals surface area contributed by atoms with Gasteiger partial charge < -0.3 is 0 Å². The maximum absolute atomic E-state index is 2.48. The van der Waals surface area contributed by atoms with E-state index in [0.29, 0.717) is 5.25 Å². The summed E-state index contributed by atoms with van der Waals surface area (Å²) in [6.07, 6.45) is 0. The minimum atomic E-state index is 0.637. The van der Waals surface area contributed by atoms with Crippen LogP contribution in [-0.2, 0) is 0 Å². The van der Waals surface area contributed by atoms with Gasteiger partial charge in [0.15, 0.2) is 0 Å². The van der Waals surface area contributed by atoms with Gasteiger partial charge >= 0.3 is 0 Å². The molecule has 0 radical (unpaired) electrons. The molecule has 0 nitrogen and oxygen atoms in total. The quantitative estimate of drug-likeness (QED) is 0.598. The van der Waals surface area contributed by atoms with Crippen LogP contribution < -0.4 is 0 Å². The number of thioether (sulfide) groups is 1. The van der Waals surface area contributed by atoms with Crippen LogP contribution in [0.2, 0.25) is 0 Å². The predicted octanol–water partition coefficient (Wildman–Crippen LogP) is 4.62. The second-order valence-electron chi connectivity index (χ2n) is 2.46. The molecule has 4 heteroatoms. The van der Waals surface area contributed by atoms with Gasteiger partial charge in [0.05, 0.1) is 5.25 Å². The van der Waals surface area contributed by atoms with Crippen molar-refractivity contribution in [3.05, 3.63) is 29.5 Å².